The Morgan fingerprint density at radius 3 is 2.60 bits per heavy atom. The highest BCUT2D eigenvalue weighted by atomic mass is 35.5. The van der Waals surface area contributed by atoms with Crippen molar-refractivity contribution in [1.29, 1.82) is 0 Å². The van der Waals surface area contributed by atoms with Crippen molar-refractivity contribution in [3.63, 3.8) is 0 Å². The Hall–Kier alpha value is -1.22. The molecule has 1 saturated carbocycles. The molecule has 2 rings (SSSR count). The van der Waals surface area contributed by atoms with Crippen LogP contribution in [0, 0.1) is 5.92 Å². The van der Waals surface area contributed by atoms with Crippen LogP contribution in [0.3, 0.4) is 0 Å². The topological polar surface area (TPSA) is 41.1 Å². The molecule has 0 saturated heterocycles. The van der Waals surface area contributed by atoms with Gasteiger partial charge in [0.2, 0.25) is 0 Å². The van der Waals surface area contributed by atoms with Gasteiger partial charge in [0.1, 0.15) is 0 Å². The van der Waals surface area contributed by atoms with Crippen LogP contribution < -0.4 is 10.6 Å². The number of halogens is 1. The second-order valence-electron chi connectivity index (χ2n) is 5.54. The van der Waals surface area contributed by atoms with Crippen molar-refractivity contribution < 1.29 is 4.79 Å². The molecule has 0 spiro atoms. The lowest BCUT2D eigenvalue weighted by atomic mass is 9.84. The minimum absolute atomic E-state index is 0.145. The van der Waals surface area contributed by atoms with Crippen LogP contribution in [0.4, 0.5) is 5.69 Å². The molecule has 2 N–H and O–H groups in total. The van der Waals surface area contributed by atoms with E-state index in [0.717, 1.165) is 11.6 Å². The number of benzene rings is 1. The molecule has 3 nitrogen and oxygen atoms in total. The van der Waals surface area contributed by atoms with Crippen LogP contribution in [0.15, 0.2) is 18.2 Å². The van der Waals surface area contributed by atoms with Gasteiger partial charge in [0.05, 0.1) is 10.6 Å². The van der Waals surface area contributed by atoms with E-state index in [2.05, 4.69) is 17.6 Å². The summed E-state index contributed by atoms with van der Waals surface area (Å²) in [6.45, 7) is 2.27. The second-order valence-corrected chi connectivity index (χ2v) is 5.95. The van der Waals surface area contributed by atoms with Crippen LogP contribution >= 0.6 is 11.6 Å². The summed E-state index contributed by atoms with van der Waals surface area (Å²) in [4.78, 5) is 11.7. The van der Waals surface area contributed by atoms with E-state index in [4.69, 9.17) is 11.6 Å². The fourth-order valence-corrected chi connectivity index (χ4v) is 3.08. The lowest BCUT2D eigenvalue weighted by Gasteiger charge is -2.29. The third-order valence-corrected chi connectivity index (χ3v) is 4.56. The molecule has 1 fully saturated rings. The Bertz CT molecular complexity index is 468. The summed E-state index contributed by atoms with van der Waals surface area (Å²) < 4.78 is 0. The molecule has 0 aromatic heterocycles. The fraction of sp³-hybridized carbons (Fsp3) is 0.562. The van der Waals surface area contributed by atoms with E-state index in [0.29, 0.717) is 16.6 Å². The maximum atomic E-state index is 11.7. The summed E-state index contributed by atoms with van der Waals surface area (Å²) in [5.74, 6) is 0.744. The number of anilines is 1. The first kappa shape index (κ1) is 15.2. The van der Waals surface area contributed by atoms with Gasteiger partial charge in [-0.1, -0.05) is 24.9 Å². The number of hydrogen-bond donors (Lipinski definition) is 2. The van der Waals surface area contributed by atoms with Crippen LogP contribution in [-0.2, 0) is 0 Å². The molecular formula is C16H23ClN2O. The zero-order valence-corrected chi connectivity index (χ0v) is 13.0. The van der Waals surface area contributed by atoms with E-state index in [1.54, 1.807) is 13.1 Å². The molecule has 1 amide bonds. The quantitative estimate of drug-likeness (QED) is 0.878. The number of carbonyl (C=O) groups is 1. The van der Waals surface area contributed by atoms with Crippen molar-refractivity contribution in [3.05, 3.63) is 28.8 Å². The highest BCUT2D eigenvalue weighted by Crippen LogP contribution is 2.29. The molecular weight excluding hydrogens is 272 g/mol. The van der Waals surface area contributed by atoms with E-state index in [9.17, 15) is 4.79 Å². The molecule has 1 aliphatic rings. The Morgan fingerprint density at radius 1 is 1.30 bits per heavy atom. The predicted octanol–water partition coefficient (Wildman–Crippen LogP) is 4.08. The molecule has 0 bridgehead atoms. The van der Waals surface area contributed by atoms with Gasteiger partial charge in [-0.2, -0.15) is 0 Å². The monoisotopic (exact) mass is 294 g/mol. The van der Waals surface area contributed by atoms with Crippen molar-refractivity contribution in [2.75, 3.05) is 12.4 Å². The van der Waals surface area contributed by atoms with Gasteiger partial charge in [-0.05, 0) is 49.8 Å². The zero-order chi connectivity index (χ0) is 14.5. The lowest BCUT2D eigenvalue weighted by Crippen LogP contribution is -2.26. The molecule has 4 heteroatoms. The second kappa shape index (κ2) is 6.98. The van der Waals surface area contributed by atoms with Gasteiger partial charge in [0.15, 0.2) is 0 Å². The first-order valence-electron chi connectivity index (χ1n) is 7.42. The third kappa shape index (κ3) is 3.66. The standard InChI is InChI=1S/C16H23ClN2O/c1-3-11-4-6-12(7-5-11)19-13-8-9-15(17)14(10-13)16(20)18-2/h8-12,19H,3-7H2,1-2H3,(H,18,20). The van der Waals surface area contributed by atoms with Crippen LogP contribution in [0.1, 0.15) is 49.4 Å². The number of hydrogen-bond acceptors (Lipinski definition) is 2. The maximum Gasteiger partial charge on any atom is 0.252 e. The highest BCUT2D eigenvalue weighted by molar-refractivity contribution is 6.34. The van der Waals surface area contributed by atoms with Crippen LogP contribution in [-0.4, -0.2) is 19.0 Å². The normalized spacial score (nSPS) is 22.4. The van der Waals surface area contributed by atoms with E-state index in [1.807, 2.05) is 12.1 Å². The first-order valence-corrected chi connectivity index (χ1v) is 7.80. The Balaban J connectivity index is 2.01. The van der Waals surface area contributed by atoms with Crippen LogP contribution in [0.2, 0.25) is 5.02 Å². The number of carbonyl (C=O) groups excluding carboxylic acids is 1. The molecule has 1 aromatic rings. The minimum atomic E-state index is -0.145. The molecule has 20 heavy (non-hydrogen) atoms. The summed E-state index contributed by atoms with van der Waals surface area (Å²) in [5, 5.41) is 6.64. The third-order valence-electron chi connectivity index (χ3n) is 4.23. The largest absolute Gasteiger partial charge is 0.382 e. The van der Waals surface area contributed by atoms with E-state index in [1.165, 1.54) is 32.1 Å². The van der Waals surface area contributed by atoms with Gasteiger partial charge in [-0.15, -0.1) is 0 Å². The van der Waals surface area contributed by atoms with E-state index in [-0.39, 0.29) is 5.91 Å². The molecule has 0 radical (unpaired) electrons. The minimum Gasteiger partial charge on any atom is -0.382 e. The molecule has 110 valence electrons. The van der Waals surface area contributed by atoms with Crippen molar-refractivity contribution >= 4 is 23.2 Å². The summed E-state index contributed by atoms with van der Waals surface area (Å²) in [7, 11) is 1.62. The first-order chi connectivity index (χ1) is 9.63. The zero-order valence-electron chi connectivity index (χ0n) is 12.2. The van der Waals surface area contributed by atoms with Crippen molar-refractivity contribution in [3.8, 4) is 0 Å². The van der Waals surface area contributed by atoms with Gasteiger partial charge in [0, 0.05) is 18.8 Å². The Labute approximate surface area is 126 Å². The van der Waals surface area contributed by atoms with Crippen molar-refractivity contribution in [2.45, 2.75) is 45.1 Å². The molecule has 0 atom stereocenters. The summed E-state index contributed by atoms with van der Waals surface area (Å²) in [6.07, 6.45) is 6.29. The van der Waals surface area contributed by atoms with Gasteiger partial charge in [-0.25, -0.2) is 0 Å². The summed E-state index contributed by atoms with van der Waals surface area (Å²) in [6, 6.07) is 6.08. The Kier molecular flexibility index (Phi) is 5.30. The van der Waals surface area contributed by atoms with Crippen LogP contribution in [0.25, 0.3) is 0 Å². The Morgan fingerprint density at radius 2 is 2.00 bits per heavy atom. The molecule has 0 unspecified atom stereocenters. The van der Waals surface area contributed by atoms with Crippen LogP contribution in [0.5, 0.6) is 0 Å². The van der Waals surface area contributed by atoms with Gasteiger partial charge < -0.3 is 10.6 Å². The fourth-order valence-electron chi connectivity index (χ4n) is 2.87. The molecule has 0 heterocycles. The highest BCUT2D eigenvalue weighted by Gasteiger charge is 2.20. The molecule has 0 aliphatic heterocycles. The molecule has 1 aromatic carbocycles. The van der Waals surface area contributed by atoms with E-state index < -0.39 is 0 Å². The average molecular weight is 295 g/mol. The summed E-state index contributed by atoms with van der Waals surface area (Å²) >= 11 is 6.06. The van der Waals surface area contributed by atoms with Gasteiger partial charge in [0.25, 0.3) is 5.91 Å². The van der Waals surface area contributed by atoms with Gasteiger partial charge >= 0.3 is 0 Å². The smallest absolute Gasteiger partial charge is 0.252 e. The van der Waals surface area contributed by atoms with Crippen molar-refractivity contribution in [1.82, 2.24) is 5.32 Å². The number of rotatable bonds is 4. The van der Waals surface area contributed by atoms with Crippen molar-refractivity contribution in [2.24, 2.45) is 5.92 Å². The SMILES string of the molecule is CCC1CCC(Nc2ccc(Cl)c(C(=O)NC)c2)CC1. The van der Waals surface area contributed by atoms with E-state index >= 15 is 0 Å². The average Bonchev–Trinajstić information content (AvgIpc) is 2.49. The number of amides is 1. The van der Waals surface area contributed by atoms with Gasteiger partial charge in [-0.3, -0.25) is 4.79 Å². The molecule has 1 aliphatic carbocycles. The number of nitrogens with one attached hydrogen (secondary N) is 2. The summed E-state index contributed by atoms with van der Waals surface area (Å²) in [5.41, 5.74) is 1.51. The maximum absolute atomic E-state index is 11.7. The predicted molar refractivity (Wildman–Crippen MR) is 84.5 cm³/mol. The lowest BCUT2D eigenvalue weighted by molar-refractivity contribution is 0.0963.